The minimum atomic E-state index is -0.613. The largest absolute Gasteiger partial charge is 0.451 e. The number of benzene rings is 1. The van der Waals surface area contributed by atoms with Gasteiger partial charge in [-0.1, -0.05) is 29.3 Å². The molecular weight excluding hydrogens is 399 g/mol. The van der Waals surface area contributed by atoms with E-state index in [-0.39, 0.29) is 5.78 Å². The maximum Gasteiger partial charge on any atom is 0.331 e. The van der Waals surface area contributed by atoms with Gasteiger partial charge in [0, 0.05) is 39.4 Å². The molecule has 5 nitrogen and oxygen atoms in total. The molecule has 1 aromatic heterocycles. The Morgan fingerprint density at radius 2 is 2.00 bits per heavy atom. The van der Waals surface area contributed by atoms with E-state index in [4.69, 9.17) is 27.9 Å². The van der Waals surface area contributed by atoms with Crippen LogP contribution in [0.4, 0.5) is 0 Å². The molecule has 148 valence electrons. The maximum atomic E-state index is 12.1. The number of esters is 1. The quantitative estimate of drug-likeness (QED) is 0.508. The average molecular weight is 421 g/mol. The molecule has 0 N–H and O–H groups in total. The third kappa shape index (κ3) is 4.65. The number of ether oxygens (including phenoxy) is 1. The van der Waals surface area contributed by atoms with Crippen molar-refractivity contribution in [3.05, 3.63) is 56.8 Å². The Morgan fingerprint density at radius 1 is 1.29 bits per heavy atom. The molecule has 1 aliphatic rings. The Kier molecular flexibility index (Phi) is 6.57. The number of Topliss-reactive ketones (excluding diaryl/α,β-unsaturated/α-hetero) is 1. The second-order valence-corrected chi connectivity index (χ2v) is 7.73. The lowest BCUT2D eigenvalue weighted by Crippen LogP contribution is -2.29. The van der Waals surface area contributed by atoms with Crippen LogP contribution >= 0.6 is 23.2 Å². The Hall–Kier alpha value is -2.11. The van der Waals surface area contributed by atoms with Crippen LogP contribution in [0, 0.1) is 13.8 Å². The van der Waals surface area contributed by atoms with Gasteiger partial charge in [0.25, 0.3) is 0 Å². The first-order valence-corrected chi connectivity index (χ1v) is 10.0. The normalized spacial score (nSPS) is 17.3. The third-order valence-electron chi connectivity index (χ3n) is 4.95. The van der Waals surface area contributed by atoms with Gasteiger partial charge >= 0.3 is 5.97 Å². The lowest BCUT2D eigenvalue weighted by Gasteiger charge is -2.19. The molecule has 2 aromatic rings. The van der Waals surface area contributed by atoms with E-state index in [2.05, 4.69) is 5.10 Å². The molecule has 0 amide bonds. The van der Waals surface area contributed by atoms with E-state index in [0.717, 1.165) is 35.4 Å². The second kappa shape index (κ2) is 8.93. The number of aryl methyl sites for hydroxylation is 1. The van der Waals surface area contributed by atoms with Crippen molar-refractivity contribution in [3.8, 4) is 0 Å². The van der Waals surface area contributed by atoms with Crippen LogP contribution in [0.1, 0.15) is 48.2 Å². The monoisotopic (exact) mass is 420 g/mol. The first kappa shape index (κ1) is 20.6. The van der Waals surface area contributed by atoms with Crippen molar-refractivity contribution >= 4 is 41.0 Å². The number of hydrogen-bond acceptors (Lipinski definition) is 4. The number of aromatic nitrogens is 2. The van der Waals surface area contributed by atoms with Crippen LogP contribution in [-0.2, 0) is 20.9 Å². The molecule has 0 saturated heterocycles. The van der Waals surface area contributed by atoms with Gasteiger partial charge < -0.3 is 4.74 Å². The highest BCUT2D eigenvalue weighted by atomic mass is 35.5. The second-order valence-electron chi connectivity index (χ2n) is 6.91. The molecule has 1 heterocycles. The van der Waals surface area contributed by atoms with E-state index >= 15 is 0 Å². The van der Waals surface area contributed by atoms with Crippen LogP contribution in [0.15, 0.2) is 24.3 Å². The maximum absolute atomic E-state index is 12.1. The van der Waals surface area contributed by atoms with Gasteiger partial charge in [0.1, 0.15) is 0 Å². The van der Waals surface area contributed by atoms with Gasteiger partial charge in [0.05, 0.1) is 12.2 Å². The highest BCUT2D eigenvalue weighted by molar-refractivity contribution is 6.35. The number of carbonyl (C=O) groups is 2. The fourth-order valence-corrected chi connectivity index (χ4v) is 3.86. The predicted molar refractivity (Wildman–Crippen MR) is 110 cm³/mol. The van der Waals surface area contributed by atoms with E-state index in [1.165, 1.54) is 6.08 Å². The van der Waals surface area contributed by atoms with Crippen LogP contribution in [0.3, 0.4) is 0 Å². The number of rotatable bonds is 5. The number of ketones is 1. The fourth-order valence-electron chi connectivity index (χ4n) is 3.35. The van der Waals surface area contributed by atoms with Crippen LogP contribution in [0.5, 0.6) is 0 Å². The molecule has 0 bridgehead atoms. The summed E-state index contributed by atoms with van der Waals surface area (Å²) in [7, 11) is 0. The molecule has 0 spiro atoms. The van der Waals surface area contributed by atoms with E-state index in [9.17, 15) is 9.59 Å². The average Bonchev–Trinajstić information content (AvgIpc) is 2.92. The van der Waals surface area contributed by atoms with Gasteiger partial charge in [0.15, 0.2) is 11.9 Å². The van der Waals surface area contributed by atoms with E-state index in [1.54, 1.807) is 29.0 Å². The number of nitrogens with zero attached hydrogens (tertiary/aromatic N) is 2. The zero-order valence-corrected chi connectivity index (χ0v) is 17.4. The molecule has 3 rings (SSSR count). The van der Waals surface area contributed by atoms with Crippen molar-refractivity contribution in [2.75, 3.05) is 0 Å². The van der Waals surface area contributed by atoms with Gasteiger partial charge in [-0.05, 0) is 51.3 Å². The molecule has 1 fully saturated rings. The molecule has 0 radical (unpaired) electrons. The van der Waals surface area contributed by atoms with Crippen LogP contribution in [0.2, 0.25) is 10.0 Å². The minimum absolute atomic E-state index is 0.00444. The first-order valence-electron chi connectivity index (χ1n) is 9.25. The van der Waals surface area contributed by atoms with Gasteiger partial charge in [-0.15, -0.1) is 0 Å². The highest BCUT2D eigenvalue weighted by Gasteiger charge is 2.25. The summed E-state index contributed by atoms with van der Waals surface area (Å²) in [5.41, 5.74) is 3.28. The van der Waals surface area contributed by atoms with Gasteiger partial charge in [-0.3, -0.25) is 9.48 Å². The Morgan fingerprint density at radius 3 is 2.68 bits per heavy atom. The highest BCUT2D eigenvalue weighted by Crippen LogP contribution is 2.26. The number of carbonyl (C=O) groups excluding carboxylic acids is 2. The molecule has 7 heteroatoms. The van der Waals surface area contributed by atoms with Crippen LogP contribution < -0.4 is 0 Å². The van der Waals surface area contributed by atoms with Crippen LogP contribution in [0.25, 0.3) is 6.08 Å². The smallest absolute Gasteiger partial charge is 0.331 e. The van der Waals surface area contributed by atoms with Gasteiger partial charge in [-0.2, -0.15) is 5.10 Å². The standard InChI is InChI=1S/C21H22Cl2N2O3/c1-13-15(10-11-21(27)28-20-9-4-3-8-19(20)26)14(2)25(24-13)12-16-17(22)6-5-7-18(16)23/h5-7,10-11,20H,3-4,8-9,12H2,1-2H3/b11-10+/t20-/m1/s1. The summed E-state index contributed by atoms with van der Waals surface area (Å²) in [5.74, 6) is -0.509. The summed E-state index contributed by atoms with van der Waals surface area (Å²) in [5, 5.41) is 5.70. The summed E-state index contributed by atoms with van der Waals surface area (Å²) in [6, 6.07) is 5.38. The fraction of sp³-hybridized carbons (Fsp3) is 0.381. The van der Waals surface area contributed by atoms with Gasteiger partial charge in [0.2, 0.25) is 0 Å². The van der Waals surface area contributed by atoms with Crippen molar-refractivity contribution in [3.63, 3.8) is 0 Å². The van der Waals surface area contributed by atoms with E-state index in [0.29, 0.717) is 29.4 Å². The van der Waals surface area contributed by atoms with Crippen molar-refractivity contribution in [1.82, 2.24) is 9.78 Å². The predicted octanol–water partition coefficient (Wildman–Crippen LogP) is 4.92. The van der Waals surface area contributed by atoms with Crippen molar-refractivity contribution in [2.45, 2.75) is 52.2 Å². The van der Waals surface area contributed by atoms with Gasteiger partial charge in [-0.25, -0.2) is 4.79 Å². The lowest BCUT2D eigenvalue weighted by molar-refractivity contribution is -0.152. The zero-order chi connectivity index (χ0) is 20.3. The summed E-state index contributed by atoms with van der Waals surface area (Å²) in [6.07, 6.45) is 5.28. The SMILES string of the molecule is Cc1nn(Cc2c(Cl)cccc2Cl)c(C)c1/C=C/C(=O)O[C@@H]1CCCCC1=O. The Balaban J connectivity index is 1.73. The Labute approximate surface area is 174 Å². The molecule has 0 aliphatic heterocycles. The summed E-state index contributed by atoms with van der Waals surface area (Å²) in [4.78, 5) is 23.9. The Bertz CT molecular complexity index is 914. The van der Waals surface area contributed by atoms with E-state index in [1.807, 2.05) is 13.8 Å². The van der Waals surface area contributed by atoms with Crippen LogP contribution in [-0.4, -0.2) is 27.6 Å². The minimum Gasteiger partial charge on any atom is -0.451 e. The van der Waals surface area contributed by atoms with Crippen molar-refractivity contribution < 1.29 is 14.3 Å². The molecular formula is C21H22Cl2N2O3. The molecule has 28 heavy (non-hydrogen) atoms. The van der Waals surface area contributed by atoms with Crippen molar-refractivity contribution in [2.24, 2.45) is 0 Å². The van der Waals surface area contributed by atoms with Crippen molar-refractivity contribution in [1.29, 1.82) is 0 Å². The summed E-state index contributed by atoms with van der Waals surface area (Å²) in [6.45, 7) is 4.22. The topological polar surface area (TPSA) is 61.2 Å². The van der Waals surface area contributed by atoms with E-state index < -0.39 is 12.1 Å². The number of hydrogen-bond donors (Lipinski definition) is 0. The lowest BCUT2D eigenvalue weighted by atomic mass is 9.96. The summed E-state index contributed by atoms with van der Waals surface area (Å²) < 4.78 is 7.11. The molecule has 1 atom stereocenters. The molecule has 1 aliphatic carbocycles. The zero-order valence-electron chi connectivity index (χ0n) is 15.9. The first-order chi connectivity index (χ1) is 13.4. The third-order valence-corrected chi connectivity index (χ3v) is 5.66. The summed E-state index contributed by atoms with van der Waals surface area (Å²) >= 11 is 12.5. The molecule has 1 saturated carbocycles. The molecule has 0 unspecified atom stereocenters. The number of halogens is 2. The molecule has 1 aromatic carbocycles.